The second kappa shape index (κ2) is 6.85. The molecule has 2 atom stereocenters. The lowest BCUT2D eigenvalue weighted by Gasteiger charge is -2.21. The summed E-state index contributed by atoms with van der Waals surface area (Å²) in [7, 11) is 0. The molecule has 1 heterocycles. The van der Waals surface area contributed by atoms with Crippen molar-refractivity contribution in [1.82, 2.24) is 0 Å². The van der Waals surface area contributed by atoms with Crippen molar-refractivity contribution in [3.8, 4) is 0 Å². The van der Waals surface area contributed by atoms with Gasteiger partial charge in [-0.05, 0) is 40.0 Å². The third-order valence-electron chi connectivity index (χ3n) is 2.52. The molecule has 1 fully saturated rings. The average molecular weight is 290 g/mol. The van der Waals surface area contributed by atoms with Crippen LogP contribution in [-0.2, 0) is 14.3 Å². The highest BCUT2D eigenvalue weighted by Gasteiger charge is 2.33. The Hall–Kier alpha value is -0.160. The van der Waals surface area contributed by atoms with Gasteiger partial charge in [0.15, 0.2) is 5.12 Å². The normalized spacial score (nSPS) is 24.0. The van der Waals surface area contributed by atoms with Gasteiger partial charge in [0.2, 0.25) is 0 Å². The van der Waals surface area contributed by atoms with Crippen LogP contribution in [0, 0.1) is 0 Å². The molecule has 0 radical (unpaired) electrons. The van der Waals surface area contributed by atoms with Gasteiger partial charge in [0.05, 0.1) is 0 Å². The number of hydrogen-bond acceptors (Lipinski definition) is 5. The van der Waals surface area contributed by atoms with Gasteiger partial charge in [-0.25, -0.2) is 0 Å². The first kappa shape index (κ1) is 15.9. The molecule has 0 aromatic carbocycles. The van der Waals surface area contributed by atoms with E-state index >= 15 is 0 Å². The zero-order chi connectivity index (χ0) is 13.8. The standard InChI is InChI=1S/C13H22O3S2/c1-9(14)17-8-7-10-5-6-11(18-10)12(15)16-13(2,3)4/h10-11H,5-8H2,1-4H3. The van der Waals surface area contributed by atoms with E-state index in [1.807, 2.05) is 20.8 Å². The fourth-order valence-corrected chi connectivity index (χ4v) is 4.05. The number of thioether (sulfide) groups is 2. The molecule has 3 nitrogen and oxygen atoms in total. The molecule has 0 aromatic heterocycles. The number of carbonyl (C=O) groups is 2. The second-order valence-electron chi connectivity index (χ2n) is 5.49. The van der Waals surface area contributed by atoms with E-state index in [1.54, 1.807) is 18.7 Å². The largest absolute Gasteiger partial charge is 0.459 e. The highest BCUT2D eigenvalue weighted by molar-refractivity contribution is 8.13. The minimum atomic E-state index is -0.403. The lowest BCUT2D eigenvalue weighted by Crippen LogP contribution is -2.29. The molecule has 0 aliphatic carbocycles. The highest BCUT2D eigenvalue weighted by atomic mass is 32.2. The van der Waals surface area contributed by atoms with Gasteiger partial charge in [-0.15, -0.1) is 11.8 Å². The molecule has 1 aliphatic heterocycles. The van der Waals surface area contributed by atoms with Crippen molar-refractivity contribution in [2.45, 2.75) is 63.1 Å². The molecular weight excluding hydrogens is 268 g/mol. The van der Waals surface area contributed by atoms with E-state index in [2.05, 4.69) is 0 Å². The third-order valence-corrected chi connectivity index (χ3v) is 4.98. The van der Waals surface area contributed by atoms with E-state index in [0.717, 1.165) is 25.0 Å². The lowest BCUT2D eigenvalue weighted by molar-refractivity contribution is -0.154. The zero-order valence-electron chi connectivity index (χ0n) is 11.5. The third kappa shape index (κ3) is 6.14. The predicted molar refractivity (Wildman–Crippen MR) is 78.0 cm³/mol. The molecule has 1 aliphatic rings. The van der Waals surface area contributed by atoms with Gasteiger partial charge < -0.3 is 4.74 Å². The summed E-state index contributed by atoms with van der Waals surface area (Å²) in [5, 5.41) is 0.646. The summed E-state index contributed by atoms with van der Waals surface area (Å²) in [5.41, 5.74) is -0.403. The van der Waals surface area contributed by atoms with Crippen LogP contribution >= 0.6 is 23.5 Å². The predicted octanol–water partition coefficient (Wildman–Crippen LogP) is 3.26. The van der Waals surface area contributed by atoms with Gasteiger partial charge in [0.25, 0.3) is 0 Å². The van der Waals surface area contributed by atoms with Crippen LogP contribution in [0.15, 0.2) is 0 Å². The Kier molecular flexibility index (Phi) is 6.05. The molecule has 104 valence electrons. The first-order valence-electron chi connectivity index (χ1n) is 6.29. The Morgan fingerprint density at radius 3 is 2.56 bits per heavy atom. The summed E-state index contributed by atoms with van der Waals surface area (Å²) in [5.74, 6) is 0.767. The molecule has 1 saturated heterocycles. The van der Waals surface area contributed by atoms with E-state index in [9.17, 15) is 9.59 Å². The van der Waals surface area contributed by atoms with Crippen molar-refractivity contribution in [1.29, 1.82) is 0 Å². The zero-order valence-corrected chi connectivity index (χ0v) is 13.2. The molecule has 5 heteroatoms. The molecule has 0 spiro atoms. The minimum Gasteiger partial charge on any atom is -0.459 e. The number of esters is 1. The summed E-state index contributed by atoms with van der Waals surface area (Å²) in [6.07, 6.45) is 2.94. The molecule has 0 bridgehead atoms. The van der Waals surface area contributed by atoms with Crippen molar-refractivity contribution in [2.75, 3.05) is 5.75 Å². The van der Waals surface area contributed by atoms with Crippen molar-refractivity contribution in [3.63, 3.8) is 0 Å². The average Bonchev–Trinajstić information content (AvgIpc) is 2.63. The minimum absolute atomic E-state index is 0.0171. The quantitative estimate of drug-likeness (QED) is 0.744. The summed E-state index contributed by atoms with van der Waals surface area (Å²) in [4.78, 5) is 22.7. The van der Waals surface area contributed by atoms with Gasteiger partial charge in [-0.2, -0.15) is 0 Å². The van der Waals surface area contributed by atoms with Crippen LogP contribution in [0.25, 0.3) is 0 Å². The van der Waals surface area contributed by atoms with Gasteiger partial charge in [-0.1, -0.05) is 11.8 Å². The fourth-order valence-electron chi connectivity index (χ4n) is 1.79. The van der Waals surface area contributed by atoms with E-state index < -0.39 is 5.60 Å². The summed E-state index contributed by atoms with van der Waals surface area (Å²) >= 11 is 3.08. The van der Waals surface area contributed by atoms with Crippen molar-refractivity contribution < 1.29 is 14.3 Å². The van der Waals surface area contributed by atoms with Crippen LogP contribution in [0.5, 0.6) is 0 Å². The van der Waals surface area contributed by atoms with E-state index in [-0.39, 0.29) is 16.3 Å². The highest BCUT2D eigenvalue weighted by Crippen LogP contribution is 2.37. The maximum atomic E-state index is 11.9. The SMILES string of the molecule is CC(=O)SCCC1CCC(C(=O)OC(C)(C)C)S1. The Morgan fingerprint density at radius 1 is 1.33 bits per heavy atom. The van der Waals surface area contributed by atoms with Crippen molar-refractivity contribution in [3.05, 3.63) is 0 Å². The van der Waals surface area contributed by atoms with Gasteiger partial charge in [0.1, 0.15) is 10.9 Å². The van der Waals surface area contributed by atoms with Crippen molar-refractivity contribution >= 4 is 34.6 Å². The second-order valence-corrected chi connectivity index (χ2v) is 8.27. The first-order valence-corrected chi connectivity index (χ1v) is 8.22. The summed E-state index contributed by atoms with van der Waals surface area (Å²) in [6, 6.07) is 0. The number of carbonyl (C=O) groups excluding carboxylic acids is 2. The van der Waals surface area contributed by atoms with Gasteiger partial charge in [0, 0.05) is 17.9 Å². The monoisotopic (exact) mass is 290 g/mol. The van der Waals surface area contributed by atoms with E-state index in [4.69, 9.17) is 4.74 Å². The molecule has 0 aromatic rings. The van der Waals surface area contributed by atoms with E-state index in [1.165, 1.54) is 11.8 Å². The fraction of sp³-hybridized carbons (Fsp3) is 0.846. The Labute approximate surface area is 118 Å². The van der Waals surface area contributed by atoms with Gasteiger partial charge >= 0.3 is 5.97 Å². The maximum absolute atomic E-state index is 11.9. The lowest BCUT2D eigenvalue weighted by atomic mass is 10.1. The molecule has 0 saturated carbocycles. The summed E-state index contributed by atoms with van der Waals surface area (Å²) in [6.45, 7) is 7.28. The first-order chi connectivity index (χ1) is 8.28. The van der Waals surface area contributed by atoms with Crippen LogP contribution in [0.1, 0.15) is 47.0 Å². The summed E-state index contributed by atoms with van der Waals surface area (Å²) < 4.78 is 5.39. The number of rotatable bonds is 4. The molecule has 2 unspecified atom stereocenters. The van der Waals surface area contributed by atoms with Crippen LogP contribution in [0.3, 0.4) is 0 Å². The number of ether oxygens (including phenoxy) is 1. The van der Waals surface area contributed by atoms with Crippen LogP contribution < -0.4 is 0 Å². The molecule has 1 rings (SSSR count). The Bertz CT molecular complexity index is 310. The number of hydrogen-bond donors (Lipinski definition) is 0. The molecule has 0 amide bonds. The van der Waals surface area contributed by atoms with Crippen LogP contribution in [0.2, 0.25) is 0 Å². The molecule has 0 N–H and O–H groups in total. The smallest absolute Gasteiger partial charge is 0.319 e. The molecular formula is C13H22O3S2. The van der Waals surface area contributed by atoms with E-state index in [0.29, 0.717) is 5.25 Å². The molecule has 18 heavy (non-hydrogen) atoms. The van der Waals surface area contributed by atoms with Crippen LogP contribution in [0.4, 0.5) is 0 Å². The van der Waals surface area contributed by atoms with Crippen LogP contribution in [-0.4, -0.2) is 32.9 Å². The Balaban J connectivity index is 2.28. The maximum Gasteiger partial charge on any atom is 0.319 e. The topological polar surface area (TPSA) is 43.4 Å². The van der Waals surface area contributed by atoms with Gasteiger partial charge in [-0.3, -0.25) is 9.59 Å². The van der Waals surface area contributed by atoms with Crippen molar-refractivity contribution in [2.24, 2.45) is 0 Å². The Morgan fingerprint density at radius 2 is 2.00 bits per heavy atom.